The maximum absolute atomic E-state index is 12.3. The molecule has 0 spiro atoms. The lowest BCUT2D eigenvalue weighted by Crippen LogP contribution is -2.35. The second kappa shape index (κ2) is 4.32. The normalized spacial score (nSPS) is 36.3. The van der Waals surface area contributed by atoms with E-state index in [1.807, 2.05) is 18.2 Å². The van der Waals surface area contributed by atoms with Gasteiger partial charge in [0.2, 0.25) is 0 Å². The molecule has 4 heteroatoms. The molecule has 1 aromatic carbocycles. The van der Waals surface area contributed by atoms with Gasteiger partial charge in [0.15, 0.2) is 9.84 Å². The van der Waals surface area contributed by atoms with Crippen LogP contribution in [0.3, 0.4) is 0 Å². The highest BCUT2D eigenvalue weighted by Crippen LogP contribution is 2.54. The zero-order valence-corrected chi connectivity index (χ0v) is 12.1. The zero-order valence-electron chi connectivity index (χ0n) is 11.3. The van der Waals surface area contributed by atoms with Crippen LogP contribution >= 0.6 is 0 Å². The Hall–Kier alpha value is -0.870. The fourth-order valence-corrected chi connectivity index (χ4v) is 6.04. The van der Waals surface area contributed by atoms with Crippen LogP contribution in [0.15, 0.2) is 29.2 Å². The highest BCUT2D eigenvalue weighted by atomic mass is 32.2. The summed E-state index contributed by atoms with van der Waals surface area (Å²) < 4.78 is 24.6. The van der Waals surface area contributed by atoms with Crippen molar-refractivity contribution in [2.75, 3.05) is 12.3 Å². The van der Waals surface area contributed by atoms with Crippen LogP contribution in [0.2, 0.25) is 0 Å². The Bertz CT molecular complexity index is 596. The lowest BCUT2D eigenvalue weighted by Gasteiger charge is -2.34. The molecular weight excluding hydrogens is 258 g/mol. The Balaban J connectivity index is 2.08. The van der Waals surface area contributed by atoms with Gasteiger partial charge >= 0.3 is 0 Å². The minimum atomic E-state index is -3.11. The van der Waals surface area contributed by atoms with Crippen molar-refractivity contribution in [1.82, 2.24) is 0 Å². The Kier molecular flexibility index (Phi) is 2.98. The molecule has 0 amide bonds. The van der Waals surface area contributed by atoms with Crippen molar-refractivity contribution in [3.05, 3.63) is 29.8 Å². The minimum absolute atomic E-state index is 0.0148. The highest BCUT2D eigenvalue weighted by molar-refractivity contribution is 7.91. The number of fused-ring (bicyclic) bond motifs is 1. The van der Waals surface area contributed by atoms with Gasteiger partial charge in [-0.25, -0.2) is 8.42 Å². The maximum atomic E-state index is 12.3. The average Bonchev–Trinajstić information content (AvgIpc) is 2.90. The fourth-order valence-electron chi connectivity index (χ4n) is 4.03. The summed E-state index contributed by atoms with van der Waals surface area (Å²) in [5.74, 6) is 0.985. The van der Waals surface area contributed by atoms with Crippen molar-refractivity contribution in [3.8, 4) is 0 Å². The van der Waals surface area contributed by atoms with Crippen molar-refractivity contribution in [2.45, 2.75) is 37.0 Å². The molecule has 3 atom stereocenters. The Morgan fingerprint density at radius 2 is 2.11 bits per heavy atom. The first-order valence-electron chi connectivity index (χ1n) is 7.00. The van der Waals surface area contributed by atoms with Gasteiger partial charge in [-0.15, -0.1) is 0 Å². The van der Waals surface area contributed by atoms with Gasteiger partial charge in [-0.2, -0.15) is 0 Å². The van der Waals surface area contributed by atoms with Crippen molar-refractivity contribution in [2.24, 2.45) is 17.1 Å². The molecular formula is C15H21NO2S. The lowest BCUT2D eigenvalue weighted by molar-refractivity contribution is 0.247. The molecule has 1 aliphatic carbocycles. The minimum Gasteiger partial charge on any atom is -0.330 e. The van der Waals surface area contributed by atoms with Crippen LogP contribution in [0.1, 0.15) is 37.7 Å². The highest BCUT2D eigenvalue weighted by Gasteiger charge is 2.49. The Labute approximate surface area is 115 Å². The number of hydrogen-bond donors (Lipinski definition) is 1. The van der Waals surface area contributed by atoms with E-state index in [2.05, 4.69) is 6.92 Å². The summed E-state index contributed by atoms with van der Waals surface area (Å²) >= 11 is 0. The molecule has 1 saturated carbocycles. The van der Waals surface area contributed by atoms with Crippen LogP contribution in [-0.4, -0.2) is 20.7 Å². The second-order valence-corrected chi connectivity index (χ2v) is 8.29. The molecule has 1 heterocycles. The predicted octanol–water partition coefficient (Wildman–Crippen LogP) is 2.32. The number of rotatable bonds is 2. The van der Waals surface area contributed by atoms with Crippen molar-refractivity contribution >= 4 is 9.84 Å². The Morgan fingerprint density at radius 1 is 1.37 bits per heavy atom. The topological polar surface area (TPSA) is 60.2 Å². The van der Waals surface area contributed by atoms with Gasteiger partial charge in [0.25, 0.3) is 0 Å². The van der Waals surface area contributed by atoms with Crippen LogP contribution < -0.4 is 5.73 Å². The van der Waals surface area contributed by atoms with Crippen molar-refractivity contribution in [3.63, 3.8) is 0 Å². The summed E-state index contributed by atoms with van der Waals surface area (Å²) in [7, 11) is -3.11. The summed E-state index contributed by atoms with van der Waals surface area (Å²) in [6, 6.07) is 7.47. The number of sulfone groups is 1. The molecule has 0 saturated heterocycles. The summed E-state index contributed by atoms with van der Waals surface area (Å²) in [6.07, 6.45) is 3.27. The molecule has 3 nitrogen and oxygen atoms in total. The zero-order chi connectivity index (χ0) is 13.7. The van der Waals surface area contributed by atoms with E-state index in [9.17, 15) is 8.42 Å². The molecule has 104 valence electrons. The van der Waals surface area contributed by atoms with Gasteiger partial charge in [0, 0.05) is 5.92 Å². The van der Waals surface area contributed by atoms with E-state index in [4.69, 9.17) is 5.73 Å². The molecule has 1 aliphatic heterocycles. The van der Waals surface area contributed by atoms with Gasteiger partial charge < -0.3 is 5.73 Å². The molecule has 2 aliphatic rings. The fraction of sp³-hybridized carbons (Fsp3) is 0.600. The first kappa shape index (κ1) is 13.1. The smallest absolute Gasteiger partial charge is 0.179 e. The molecule has 0 aromatic heterocycles. The maximum Gasteiger partial charge on any atom is 0.179 e. The van der Waals surface area contributed by atoms with Crippen LogP contribution in [0.4, 0.5) is 0 Å². The summed E-state index contributed by atoms with van der Waals surface area (Å²) in [5, 5.41) is 0. The van der Waals surface area contributed by atoms with E-state index in [1.54, 1.807) is 6.07 Å². The van der Waals surface area contributed by atoms with Crippen LogP contribution in [0, 0.1) is 11.3 Å². The van der Waals surface area contributed by atoms with Gasteiger partial charge in [0.1, 0.15) is 0 Å². The van der Waals surface area contributed by atoms with Crippen molar-refractivity contribution < 1.29 is 8.42 Å². The van der Waals surface area contributed by atoms with Crippen molar-refractivity contribution in [1.29, 1.82) is 0 Å². The molecule has 1 fully saturated rings. The Morgan fingerprint density at radius 3 is 2.74 bits per heavy atom. The monoisotopic (exact) mass is 279 g/mol. The summed E-state index contributed by atoms with van der Waals surface area (Å²) in [4.78, 5) is 0.535. The van der Waals surface area contributed by atoms with E-state index in [1.165, 1.54) is 0 Å². The summed E-state index contributed by atoms with van der Waals surface area (Å²) in [6.45, 7) is 2.83. The van der Waals surface area contributed by atoms with Crippen LogP contribution in [-0.2, 0) is 9.84 Å². The third-order valence-electron chi connectivity index (χ3n) is 5.05. The van der Waals surface area contributed by atoms with Gasteiger partial charge in [-0.3, -0.25) is 0 Å². The molecule has 0 bridgehead atoms. The van der Waals surface area contributed by atoms with E-state index in [-0.39, 0.29) is 17.1 Å². The molecule has 3 unspecified atom stereocenters. The van der Waals surface area contributed by atoms with E-state index >= 15 is 0 Å². The lowest BCUT2D eigenvalue weighted by atomic mass is 9.71. The van der Waals surface area contributed by atoms with Gasteiger partial charge in [-0.05, 0) is 42.3 Å². The number of benzene rings is 1. The SMILES string of the molecule is CC1CCC(CN)(C2CS(=O)(=O)c3ccccc32)C1. The predicted molar refractivity (Wildman–Crippen MR) is 75.7 cm³/mol. The van der Waals surface area contributed by atoms with E-state index in [0.717, 1.165) is 24.8 Å². The molecule has 2 N–H and O–H groups in total. The number of hydrogen-bond acceptors (Lipinski definition) is 3. The third-order valence-corrected chi connectivity index (χ3v) is 6.87. The van der Waals surface area contributed by atoms with Crippen LogP contribution in [0.25, 0.3) is 0 Å². The quantitative estimate of drug-likeness (QED) is 0.903. The second-order valence-electron chi connectivity index (χ2n) is 6.29. The first-order chi connectivity index (χ1) is 8.98. The van der Waals surface area contributed by atoms with Crippen LogP contribution in [0.5, 0.6) is 0 Å². The largest absolute Gasteiger partial charge is 0.330 e. The molecule has 3 rings (SSSR count). The third kappa shape index (κ3) is 1.93. The van der Waals surface area contributed by atoms with E-state index in [0.29, 0.717) is 17.4 Å². The first-order valence-corrected chi connectivity index (χ1v) is 8.65. The van der Waals surface area contributed by atoms with E-state index < -0.39 is 9.84 Å². The average molecular weight is 279 g/mol. The molecule has 19 heavy (non-hydrogen) atoms. The molecule has 0 radical (unpaired) electrons. The standard InChI is InChI=1S/C15H21NO2S/c1-11-6-7-15(8-11,10-16)13-9-19(17,18)14-5-3-2-4-12(13)14/h2-5,11,13H,6-10,16H2,1H3. The summed E-state index contributed by atoms with van der Waals surface area (Å²) in [5.41, 5.74) is 7.05. The number of nitrogens with two attached hydrogens (primary N) is 1. The molecule has 1 aromatic rings. The van der Waals surface area contributed by atoms with Gasteiger partial charge in [-0.1, -0.05) is 31.5 Å². The van der Waals surface area contributed by atoms with Gasteiger partial charge in [0.05, 0.1) is 10.6 Å².